The molecular formula is C24H29Cl2NO4. The van der Waals surface area contributed by atoms with E-state index in [0.717, 1.165) is 62.7 Å². The Labute approximate surface area is 193 Å². The summed E-state index contributed by atoms with van der Waals surface area (Å²) in [4.78, 5) is 25.2. The Bertz CT molecular complexity index is 859. The molecule has 3 rings (SSSR count). The van der Waals surface area contributed by atoms with E-state index in [4.69, 9.17) is 32.7 Å². The predicted molar refractivity (Wildman–Crippen MR) is 122 cm³/mol. The van der Waals surface area contributed by atoms with Crippen LogP contribution in [-0.2, 0) is 19.1 Å². The number of Topliss-reactive ketones (excluding diaryl/α,β-unsaturated/α-hetero) is 1. The standard InChI is InChI=1S/C24H29Cl2NO4/c1-27-24(29)19-14-16(7-3-2-5-11-30-22-8-4-6-12-31-22)13-18(23(19)28)17-9-10-20(25)21(26)15-17/h9-10,13-15,18,22H,2-8,11-12H2,1H3,(H,27,29). The summed E-state index contributed by atoms with van der Waals surface area (Å²) in [5.41, 5.74) is 1.88. The van der Waals surface area contributed by atoms with Crippen molar-refractivity contribution in [2.24, 2.45) is 0 Å². The number of ketones is 1. The van der Waals surface area contributed by atoms with E-state index in [1.165, 1.54) is 7.05 Å². The highest BCUT2D eigenvalue weighted by molar-refractivity contribution is 6.42. The molecule has 1 amide bonds. The molecule has 0 spiro atoms. The molecule has 1 aromatic carbocycles. The second-order valence-corrected chi connectivity index (χ2v) is 8.69. The van der Waals surface area contributed by atoms with Crippen LogP contribution in [0.15, 0.2) is 41.5 Å². The number of likely N-dealkylation sites (N-methyl/N-ethyl adjacent to an activating group) is 1. The second kappa shape index (κ2) is 11.8. The van der Waals surface area contributed by atoms with Crippen molar-refractivity contribution in [3.05, 3.63) is 57.1 Å². The van der Waals surface area contributed by atoms with Crippen molar-refractivity contribution in [3.8, 4) is 0 Å². The van der Waals surface area contributed by atoms with Crippen LogP contribution in [0.5, 0.6) is 0 Å². The first-order valence-corrected chi connectivity index (χ1v) is 11.6. The number of hydrogen-bond acceptors (Lipinski definition) is 4. The Morgan fingerprint density at radius 3 is 2.74 bits per heavy atom. The smallest absolute Gasteiger partial charge is 0.254 e. The molecule has 1 aromatic rings. The number of benzene rings is 1. The molecule has 1 N–H and O–H groups in total. The summed E-state index contributed by atoms with van der Waals surface area (Å²) >= 11 is 12.2. The van der Waals surface area contributed by atoms with E-state index in [0.29, 0.717) is 16.7 Å². The van der Waals surface area contributed by atoms with Crippen molar-refractivity contribution in [1.82, 2.24) is 5.32 Å². The van der Waals surface area contributed by atoms with Crippen molar-refractivity contribution in [2.75, 3.05) is 20.3 Å². The SMILES string of the molecule is CNC(=O)C1=CC(CCCCCOC2CCCCO2)=CC(c2ccc(Cl)c(Cl)c2)C1=O. The van der Waals surface area contributed by atoms with Gasteiger partial charge < -0.3 is 14.8 Å². The number of amides is 1. The molecule has 5 nitrogen and oxygen atoms in total. The number of halogens is 2. The van der Waals surface area contributed by atoms with Gasteiger partial charge in [-0.2, -0.15) is 0 Å². The summed E-state index contributed by atoms with van der Waals surface area (Å²) in [6.07, 6.45) is 10.5. The highest BCUT2D eigenvalue weighted by Gasteiger charge is 2.30. The molecule has 0 bridgehead atoms. The van der Waals surface area contributed by atoms with E-state index in [9.17, 15) is 9.59 Å². The third kappa shape index (κ3) is 6.66. The van der Waals surface area contributed by atoms with Crippen LogP contribution in [0.4, 0.5) is 0 Å². The average Bonchev–Trinajstić information content (AvgIpc) is 2.79. The van der Waals surface area contributed by atoms with E-state index < -0.39 is 5.92 Å². The molecule has 0 radical (unpaired) electrons. The van der Waals surface area contributed by atoms with Gasteiger partial charge in [0.05, 0.1) is 21.5 Å². The number of nitrogens with one attached hydrogen (secondary N) is 1. The summed E-state index contributed by atoms with van der Waals surface area (Å²) in [7, 11) is 1.53. The molecule has 2 aliphatic rings. The van der Waals surface area contributed by atoms with Gasteiger partial charge in [0, 0.05) is 20.3 Å². The molecular weight excluding hydrogens is 437 g/mol. The Kier molecular flexibility index (Phi) is 9.15. The monoisotopic (exact) mass is 465 g/mol. The maximum Gasteiger partial charge on any atom is 0.254 e. The van der Waals surface area contributed by atoms with E-state index >= 15 is 0 Å². The highest BCUT2D eigenvalue weighted by Crippen LogP contribution is 2.33. The summed E-state index contributed by atoms with van der Waals surface area (Å²) < 4.78 is 11.4. The van der Waals surface area contributed by atoms with Crippen LogP contribution in [-0.4, -0.2) is 38.2 Å². The van der Waals surface area contributed by atoms with Gasteiger partial charge in [0.2, 0.25) is 0 Å². The average molecular weight is 466 g/mol. The molecule has 0 saturated carbocycles. The van der Waals surface area contributed by atoms with Gasteiger partial charge >= 0.3 is 0 Å². The summed E-state index contributed by atoms with van der Waals surface area (Å²) in [5.74, 6) is -1.15. The van der Waals surface area contributed by atoms with Gasteiger partial charge in [-0.15, -0.1) is 0 Å². The van der Waals surface area contributed by atoms with E-state index in [2.05, 4.69) is 5.32 Å². The zero-order valence-electron chi connectivity index (χ0n) is 17.8. The van der Waals surface area contributed by atoms with Gasteiger partial charge in [0.15, 0.2) is 12.1 Å². The van der Waals surface area contributed by atoms with Crippen LogP contribution in [0.25, 0.3) is 0 Å². The van der Waals surface area contributed by atoms with Crippen molar-refractivity contribution in [3.63, 3.8) is 0 Å². The largest absolute Gasteiger partial charge is 0.355 e. The van der Waals surface area contributed by atoms with Crippen LogP contribution in [0.1, 0.15) is 56.4 Å². The number of carbonyl (C=O) groups excluding carboxylic acids is 2. The van der Waals surface area contributed by atoms with Gasteiger partial charge in [-0.1, -0.05) is 47.3 Å². The first-order chi connectivity index (χ1) is 15.0. The molecule has 1 aliphatic heterocycles. The minimum Gasteiger partial charge on any atom is -0.355 e. The number of carbonyl (C=O) groups is 2. The van der Waals surface area contributed by atoms with Crippen LogP contribution in [0, 0.1) is 0 Å². The summed E-state index contributed by atoms with van der Waals surface area (Å²) in [6.45, 7) is 1.48. The fraction of sp³-hybridized carbons (Fsp3) is 0.500. The molecule has 7 heteroatoms. The van der Waals surface area contributed by atoms with Crippen LogP contribution >= 0.6 is 23.2 Å². The molecule has 1 aliphatic carbocycles. The second-order valence-electron chi connectivity index (χ2n) is 7.87. The van der Waals surface area contributed by atoms with Crippen LogP contribution in [0.3, 0.4) is 0 Å². The van der Waals surface area contributed by atoms with Gasteiger partial charge in [0.25, 0.3) is 5.91 Å². The van der Waals surface area contributed by atoms with Gasteiger partial charge in [-0.25, -0.2) is 0 Å². The summed E-state index contributed by atoms with van der Waals surface area (Å²) in [6, 6.07) is 5.15. The lowest BCUT2D eigenvalue weighted by Gasteiger charge is -2.22. The van der Waals surface area contributed by atoms with E-state index in [1.807, 2.05) is 6.08 Å². The number of rotatable bonds is 9. The van der Waals surface area contributed by atoms with E-state index in [-0.39, 0.29) is 23.6 Å². The lowest BCUT2D eigenvalue weighted by atomic mass is 9.82. The van der Waals surface area contributed by atoms with Gasteiger partial charge in [-0.05, 0) is 62.3 Å². The van der Waals surface area contributed by atoms with Crippen molar-refractivity contribution in [2.45, 2.75) is 57.2 Å². The number of hydrogen-bond donors (Lipinski definition) is 1. The molecule has 0 aromatic heterocycles. The lowest BCUT2D eigenvalue weighted by Crippen LogP contribution is -2.29. The first-order valence-electron chi connectivity index (χ1n) is 10.9. The first kappa shape index (κ1) is 24.0. The Balaban J connectivity index is 1.59. The predicted octanol–water partition coefficient (Wildman–Crippen LogP) is 5.36. The molecule has 168 valence electrons. The molecule has 31 heavy (non-hydrogen) atoms. The molecule has 1 fully saturated rings. The molecule has 2 atom stereocenters. The fourth-order valence-corrected chi connectivity index (χ4v) is 4.15. The number of unbranched alkanes of at least 4 members (excludes halogenated alkanes) is 2. The number of ether oxygens (including phenoxy) is 2. The number of allylic oxidation sites excluding steroid dienone is 3. The normalized spacial score (nSPS) is 21.5. The molecule has 1 heterocycles. The Morgan fingerprint density at radius 2 is 2.03 bits per heavy atom. The topological polar surface area (TPSA) is 64.6 Å². The van der Waals surface area contributed by atoms with Gasteiger partial charge in [-0.3, -0.25) is 9.59 Å². The van der Waals surface area contributed by atoms with Crippen LogP contribution in [0.2, 0.25) is 10.0 Å². The minimum atomic E-state index is -0.547. The zero-order chi connectivity index (χ0) is 22.2. The minimum absolute atomic E-state index is 0.0502. The van der Waals surface area contributed by atoms with Crippen molar-refractivity contribution < 1.29 is 19.1 Å². The summed E-state index contributed by atoms with van der Waals surface area (Å²) in [5, 5.41) is 3.38. The van der Waals surface area contributed by atoms with Gasteiger partial charge in [0.1, 0.15) is 0 Å². The lowest BCUT2D eigenvalue weighted by molar-refractivity contribution is -0.162. The van der Waals surface area contributed by atoms with Crippen molar-refractivity contribution in [1.29, 1.82) is 0 Å². The highest BCUT2D eigenvalue weighted by atomic mass is 35.5. The van der Waals surface area contributed by atoms with E-state index in [1.54, 1.807) is 24.3 Å². The maximum atomic E-state index is 13.0. The zero-order valence-corrected chi connectivity index (χ0v) is 19.3. The maximum absolute atomic E-state index is 13.0. The quantitative estimate of drug-likeness (QED) is 0.393. The van der Waals surface area contributed by atoms with Crippen molar-refractivity contribution >= 4 is 34.9 Å². The Hall–Kier alpha value is -1.66. The Morgan fingerprint density at radius 1 is 1.19 bits per heavy atom. The molecule has 1 saturated heterocycles. The molecule has 2 unspecified atom stereocenters. The third-order valence-corrected chi connectivity index (χ3v) is 6.32. The fourth-order valence-electron chi connectivity index (χ4n) is 3.85. The van der Waals surface area contributed by atoms with Crippen LogP contribution < -0.4 is 5.32 Å². The third-order valence-electron chi connectivity index (χ3n) is 5.58.